The lowest BCUT2D eigenvalue weighted by Crippen LogP contribution is -1.91. The zero-order valence-corrected chi connectivity index (χ0v) is 12.5. The maximum atomic E-state index is 14.0. The van der Waals surface area contributed by atoms with Crippen LogP contribution < -0.4 is 4.74 Å². The summed E-state index contributed by atoms with van der Waals surface area (Å²) in [7, 11) is 0. The van der Waals surface area contributed by atoms with Gasteiger partial charge < -0.3 is 4.74 Å². The molecule has 0 amide bonds. The fourth-order valence-electron chi connectivity index (χ4n) is 2.15. The van der Waals surface area contributed by atoms with Gasteiger partial charge in [0.25, 0.3) is 0 Å². The summed E-state index contributed by atoms with van der Waals surface area (Å²) in [4.78, 5) is 0. The van der Waals surface area contributed by atoms with E-state index < -0.39 is 5.82 Å². The molecule has 3 aromatic carbocycles. The van der Waals surface area contributed by atoms with E-state index in [4.69, 9.17) is 27.9 Å². The maximum absolute atomic E-state index is 14.0. The first-order chi connectivity index (χ1) is 10.2. The van der Waals surface area contributed by atoms with Crippen molar-refractivity contribution in [2.45, 2.75) is 5.88 Å². The lowest BCUT2D eigenvalue weighted by molar-refractivity contribution is 0.446. The van der Waals surface area contributed by atoms with Crippen LogP contribution in [0.5, 0.6) is 11.5 Å². The van der Waals surface area contributed by atoms with E-state index in [1.165, 1.54) is 6.07 Å². The minimum Gasteiger partial charge on any atom is -0.454 e. The molecule has 0 aliphatic heterocycles. The molecule has 4 heteroatoms. The van der Waals surface area contributed by atoms with Crippen molar-refractivity contribution in [3.05, 3.63) is 71.0 Å². The second kappa shape index (κ2) is 5.92. The zero-order chi connectivity index (χ0) is 14.8. The lowest BCUT2D eigenvalue weighted by Gasteiger charge is -2.11. The number of alkyl halides is 1. The first-order valence-electron chi connectivity index (χ1n) is 6.38. The molecular weight excluding hydrogens is 310 g/mol. The second-order valence-electron chi connectivity index (χ2n) is 4.59. The van der Waals surface area contributed by atoms with Crippen molar-refractivity contribution in [2.75, 3.05) is 0 Å². The number of halogens is 3. The Morgan fingerprint density at radius 2 is 1.62 bits per heavy atom. The first-order valence-corrected chi connectivity index (χ1v) is 7.30. The zero-order valence-electron chi connectivity index (χ0n) is 10.9. The first kappa shape index (κ1) is 14.2. The predicted molar refractivity (Wildman–Crippen MR) is 85.0 cm³/mol. The van der Waals surface area contributed by atoms with Crippen molar-refractivity contribution < 1.29 is 9.13 Å². The molecule has 0 heterocycles. The van der Waals surface area contributed by atoms with Gasteiger partial charge in [0.1, 0.15) is 5.75 Å². The Labute approximate surface area is 131 Å². The molecule has 0 spiro atoms. The molecule has 0 aliphatic rings. The predicted octanol–water partition coefficient (Wildman–Crippen LogP) is 6.16. The van der Waals surface area contributed by atoms with Gasteiger partial charge in [0.05, 0.1) is 0 Å². The van der Waals surface area contributed by atoms with Crippen LogP contribution in [0.1, 0.15) is 5.56 Å². The Kier molecular flexibility index (Phi) is 4.00. The van der Waals surface area contributed by atoms with Crippen LogP contribution in [0.4, 0.5) is 4.39 Å². The summed E-state index contributed by atoms with van der Waals surface area (Å²) in [5.41, 5.74) is 0.711. The van der Waals surface area contributed by atoms with Gasteiger partial charge >= 0.3 is 0 Å². The molecule has 3 rings (SSSR count). The molecule has 106 valence electrons. The van der Waals surface area contributed by atoms with Gasteiger partial charge in [-0.15, -0.1) is 11.6 Å². The minimum absolute atomic E-state index is 0.163. The van der Waals surface area contributed by atoms with E-state index in [2.05, 4.69) is 0 Å². The molecule has 0 saturated heterocycles. The van der Waals surface area contributed by atoms with Gasteiger partial charge in [-0.3, -0.25) is 0 Å². The summed E-state index contributed by atoms with van der Waals surface area (Å²) in [6, 6.07) is 15.7. The third kappa shape index (κ3) is 2.82. The third-order valence-electron chi connectivity index (χ3n) is 3.20. The van der Waals surface area contributed by atoms with Crippen LogP contribution in [0.15, 0.2) is 54.6 Å². The summed E-state index contributed by atoms with van der Waals surface area (Å²) in [6.07, 6.45) is 0. The quantitative estimate of drug-likeness (QED) is 0.525. The number of ether oxygens (including phenoxy) is 1. The summed E-state index contributed by atoms with van der Waals surface area (Å²) in [5, 5.41) is 2.34. The number of benzene rings is 3. The lowest BCUT2D eigenvalue weighted by atomic mass is 10.1. The van der Waals surface area contributed by atoms with Crippen LogP contribution >= 0.6 is 23.2 Å². The van der Waals surface area contributed by atoms with Gasteiger partial charge in [-0.05, 0) is 29.8 Å². The van der Waals surface area contributed by atoms with Gasteiger partial charge in [-0.25, -0.2) is 4.39 Å². The fourth-order valence-corrected chi connectivity index (χ4v) is 2.55. The molecule has 0 saturated carbocycles. The monoisotopic (exact) mass is 320 g/mol. The number of hydrogen-bond donors (Lipinski definition) is 0. The van der Waals surface area contributed by atoms with Crippen LogP contribution in [0.25, 0.3) is 10.8 Å². The molecule has 0 atom stereocenters. The molecule has 0 aromatic heterocycles. The van der Waals surface area contributed by atoms with Gasteiger partial charge in [0, 0.05) is 21.7 Å². The Bertz CT molecular complexity index is 802. The fraction of sp³-hybridized carbons (Fsp3) is 0.0588. The standard InChI is InChI=1S/C17H11Cl2FO/c18-10-11-5-7-17(15(20)9-11)21-16-8-6-14(19)12-3-1-2-4-13(12)16/h1-9H,10H2. The van der Waals surface area contributed by atoms with E-state index in [-0.39, 0.29) is 11.6 Å². The van der Waals surface area contributed by atoms with Crippen molar-refractivity contribution in [1.82, 2.24) is 0 Å². The summed E-state index contributed by atoms with van der Waals surface area (Å²) >= 11 is 11.8. The molecule has 0 fully saturated rings. The van der Waals surface area contributed by atoms with Crippen molar-refractivity contribution in [3.8, 4) is 11.5 Å². The molecular formula is C17H11Cl2FO. The Hall–Kier alpha value is -1.77. The van der Waals surface area contributed by atoms with E-state index >= 15 is 0 Å². The smallest absolute Gasteiger partial charge is 0.166 e. The van der Waals surface area contributed by atoms with Crippen molar-refractivity contribution >= 4 is 34.0 Å². The molecule has 3 aromatic rings. The van der Waals surface area contributed by atoms with E-state index in [1.807, 2.05) is 24.3 Å². The number of rotatable bonds is 3. The number of fused-ring (bicyclic) bond motifs is 1. The average molecular weight is 321 g/mol. The molecule has 0 aliphatic carbocycles. The maximum Gasteiger partial charge on any atom is 0.166 e. The topological polar surface area (TPSA) is 9.23 Å². The van der Waals surface area contributed by atoms with Gasteiger partial charge in [0.2, 0.25) is 0 Å². The molecule has 21 heavy (non-hydrogen) atoms. The van der Waals surface area contributed by atoms with Crippen LogP contribution in [0.2, 0.25) is 5.02 Å². The van der Waals surface area contributed by atoms with Crippen molar-refractivity contribution in [2.24, 2.45) is 0 Å². The summed E-state index contributed by atoms with van der Waals surface area (Å²) in [5.74, 6) is 0.553. The highest BCUT2D eigenvalue weighted by Gasteiger charge is 2.10. The summed E-state index contributed by atoms with van der Waals surface area (Å²) in [6.45, 7) is 0. The number of hydrogen-bond acceptors (Lipinski definition) is 1. The molecule has 1 nitrogen and oxygen atoms in total. The third-order valence-corrected chi connectivity index (χ3v) is 3.84. The van der Waals surface area contributed by atoms with Gasteiger partial charge in [-0.2, -0.15) is 0 Å². The van der Waals surface area contributed by atoms with Crippen molar-refractivity contribution in [1.29, 1.82) is 0 Å². The van der Waals surface area contributed by atoms with Gasteiger partial charge in [0.15, 0.2) is 11.6 Å². The molecule has 0 radical (unpaired) electrons. The van der Waals surface area contributed by atoms with E-state index in [0.29, 0.717) is 16.3 Å². The van der Waals surface area contributed by atoms with E-state index in [1.54, 1.807) is 24.3 Å². The van der Waals surface area contributed by atoms with Crippen LogP contribution in [0.3, 0.4) is 0 Å². The van der Waals surface area contributed by atoms with Crippen LogP contribution in [-0.2, 0) is 5.88 Å². The Morgan fingerprint density at radius 1 is 0.905 bits per heavy atom. The van der Waals surface area contributed by atoms with E-state index in [9.17, 15) is 4.39 Å². The molecule has 0 N–H and O–H groups in total. The minimum atomic E-state index is -0.438. The molecule has 0 bridgehead atoms. The summed E-state index contributed by atoms with van der Waals surface area (Å²) < 4.78 is 19.7. The van der Waals surface area contributed by atoms with Crippen LogP contribution in [0, 0.1) is 5.82 Å². The molecule has 0 unspecified atom stereocenters. The highest BCUT2D eigenvalue weighted by molar-refractivity contribution is 6.35. The normalized spacial score (nSPS) is 10.8. The van der Waals surface area contributed by atoms with E-state index in [0.717, 1.165) is 10.8 Å². The van der Waals surface area contributed by atoms with Gasteiger partial charge in [-0.1, -0.05) is 41.9 Å². The Balaban J connectivity index is 2.04. The van der Waals surface area contributed by atoms with Crippen molar-refractivity contribution in [3.63, 3.8) is 0 Å². The average Bonchev–Trinajstić information content (AvgIpc) is 2.52. The SMILES string of the molecule is Fc1cc(CCl)ccc1Oc1ccc(Cl)c2ccccc12. The van der Waals surface area contributed by atoms with Crippen LogP contribution in [-0.4, -0.2) is 0 Å². The highest BCUT2D eigenvalue weighted by Crippen LogP contribution is 2.35. The second-order valence-corrected chi connectivity index (χ2v) is 5.27. The largest absolute Gasteiger partial charge is 0.454 e. The Morgan fingerprint density at radius 3 is 2.33 bits per heavy atom. The highest BCUT2D eigenvalue weighted by atomic mass is 35.5.